The SMILES string of the molecule is CC(C)C1(NO)CCCC(N)C1. The van der Waals surface area contributed by atoms with E-state index in [-0.39, 0.29) is 11.6 Å². The summed E-state index contributed by atoms with van der Waals surface area (Å²) in [5.41, 5.74) is 8.21. The Morgan fingerprint density at radius 1 is 1.58 bits per heavy atom. The lowest BCUT2D eigenvalue weighted by atomic mass is 9.73. The molecule has 0 aromatic rings. The van der Waals surface area contributed by atoms with E-state index in [0.717, 1.165) is 25.7 Å². The van der Waals surface area contributed by atoms with Crippen LogP contribution in [-0.2, 0) is 0 Å². The Balaban J connectivity index is 2.64. The molecule has 0 amide bonds. The Kier molecular flexibility index (Phi) is 3.09. The molecule has 1 aliphatic carbocycles. The average molecular weight is 172 g/mol. The lowest BCUT2D eigenvalue weighted by molar-refractivity contribution is 0.00281. The molecule has 4 N–H and O–H groups in total. The van der Waals surface area contributed by atoms with E-state index < -0.39 is 0 Å². The topological polar surface area (TPSA) is 58.3 Å². The molecule has 2 atom stereocenters. The second-order valence-corrected chi connectivity index (χ2v) is 4.28. The summed E-state index contributed by atoms with van der Waals surface area (Å²) in [6.45, 7) is 4.25. The summed E-state index contributed by atoms with van der Waals surface area (Å²) in [5.74, 6) is 0.439. The molecular weight excluding hydrogens is 152 g/mol. The largest absolute Gasteiger partial charge is 0.328 e. The highest BCUT2D eigenvalue weighted by Gasteiger charge is 2.37. The van der Waals surface area contributed by atoms with Gasteiger partial charge in [-0.3, -0.25) is 0 Å². The summed E-state index contributed by atoms with van der Waals surface area (Å²) in [6.07, 6.45) is 4.14. The molecule has 3 nitrogen and oxygen atoms in total. The maximum atomic E-state index is 9.12. The predicted octanol–water partition coefficient (Wildman–Crippen LogP) is 1.26. The van der Waals surface area contributed by atoms with Crippen LogP contribution in [0.5, 0.6) is 0 Å². The van der Waals surface area contributed by atoms with E-state index in [2.05, 4.69) is 19.3 Å². The minimum atomic E-state index is -0.127. The summed E-state index contributed by atoms with van der Waals surface area (Å²) in [5, 5.41) is 9.12. The van der Waals surface area contributed by atoms with Crippen molar-refractivity contribution < 1.29 is 5.21 Å². The van der Waals surface area contributed by atoms with Gasteiger partial charge in [0.25, 0.3) is 0 Å². The fourth-order valence-corrected chi connectivity index (χ4v) is 2.11. The van der Waals surface area contributed by atoms with Gasteiger partial charge in [0.1, 0.15) is 0 Å². The van der Waals surface area contributed by atoms with Crippen LogP contribution in [-0.4, -0.2) is 16.8 Å². The Hall–Kier alpha value is -0.120. The second kappa shape index (κ2) is 3.73. The summed E-state index contributed by atoms with van der Waals surface area (Å²) in [4.78, 5) is 0. The van der Waals surface area contributed by atoms with Gasteiger partial charge < -0.3 is 10.9 Å². The molecule has 1 fully saturated rings. The number of rotatable bonds is 2. The van der Waals surface area contributed by atoms with E-state index >= 15 is 0 Å². The first kappa shape index (κ1) is 9.96. The normalized spacial score (nSPS) is 37.2. The van der Waals surface area contributed by atoms with Gasteiger partial charge in [0.15, 0.2) is 0 Å². The molecule has 1 rings (SSSR count). The van der Waals surface area contributed by atoms with Crippen molar-refractivity contribution in [1.29, 1.82) is 0 Å². The van der Waals surface area contributed by atoms with Crippen molar-refractivity contribution >= 4 is 0 Å². The summed E-state index contributed by atoms with van der Waals surface area (Å²) in [7, 11) is 0. The smallest absolute Gasteiger partial charge is 0.0467 e. The third kappa shape index (κ3) is 1.79. The number of hydrogen-bond donors (Lipinski definition) is 3. The molecule has 0 aliphatic heterocycles. The van der Waals surface area contributed by atoms with Gasteiger partial charge in [-0.1, -0.05) is 13.8 Å². The molecule has 2 unspecified atom stereocenters. The molecule has 0 heterocycles. The summed E-state index contributed by atoms with van der Waals surface area (Å²) >= 11 is 0. The van der Waals surface area contributed by atoms with Crippen LogP contribution in [0.2, 0.25) is 0 Å². The van der Waals surface area contributed by atoms with Crippen molar-refractivity contribution in [2.45, 2.75) is 51.1 Å². The number of hydrogen-bond acceptors (Lipinski definition) is 3. The van der Waals surface area contributed by atoms with Crippen molar-refractivity contribution in [3.05, 3.63) is 0 Å². The molecule has 1 aliphatic rings. The molecule has 0 radical (unpaired) electrons. The van der Waals surface area contributed by atoms with Crippen LogP contribution in [0.1, 0.15) is 39.5 Å². The van der Waals surface area contributed by atoms with Gasteiger partial charge in [-0.2, -0.15) is 5.48 Å². The van der Waals surface area contributed by atoms with Crippen LogP contribution in [0.15, 0.2) is 0 Å². The summed E-state index contributed by atoms with van der Waals surface area (Å²) in [6, 6.07) is 0.251. The lowest BCUT2D eigenvalue weighted by Crippen LogP contribution is -2.54. The molecule has 0 spiro atoms. The predicted molar refractivity (Wildman–Crippen MR) is 48.9 cm³/mol. The van der Waals surface area contributed by atoms with Gasteiger partial charge in [-0.25, -0.2) is 0 Å². The minimum absolute atomic E-state index is 0.127. The molecule has 3 heteroatoms. The highest BCUT2D eigenvalue weighted by molar-refractivity contribution is 4.94. The first-order chi connectivity index (χ1) is 5.60. The Morgan fingerprint density at radius 2 is 2.25 bits per heavy atom. The molecule has 1 saturated carbocycles. The molecular formula is C9H20N2O. The number of nitrogens with one attached hydrogen (secondary N) is 1. The standard InChI is InChI=1S/C9H20N2O/c1-7(2)9(11-12)5-3-4-8(10)6-9/h7-8,11-12H,3-6,10H2,1-2H3. The lowest BCUT2D eigenvalue weighted by Gasteiger charge is -2.41. The van der Waals surface area contributed by atoms with Gasteiger partial charge in [0, 0.05) is 11.6 Å². The van der Waals surface area contributed by atoms with Crippen molar-refractivity contribution in [3.8, 4) is 0 Å². The van der Waals surface area contributed by atoms with E-state index in [1.54, 1.807) is 0 Å². The highest BCUT2D eigenvalue weighted by Crippen LogP contribution is 2.33. The van der Waals surface area contributed by atoms with Gasteiger partial charge in [-0.05, 0) is 31.6 Å². The Bertz CT molecular complexity index is 149. The van der Waals surface area contributed by atoms with Crippen LogP contribution in [0, 0.1) is 5.92 Å². The molecule has 72 valence electrons. The molecule has 0 bridgehead atoms. The molecule has 0 aromatic heterocycles. The summed E-state index contributed by atoms with van der Waals surface area (Å²) < 4.78 is 0. The van der Waals surface area contributed by atoms with Gasteiger partial charge in [-0.15, -0.1) is 0 Å². The fourth-order valence-electron chi connectivity index (χ4n) is 2.11. The maximum Gasteiger partial charge on any atom is 0.0467 e. The van der Waals surface area contributed by atoms with Crippen molar-refractivity contribution in [2.75, 3.05) is 0 Å². The minimum Gasteiger partial charge on any atom is -0.328 e. The van der Waals surface area contributed by atoms with Crippen molar-refractivity contribution in [1.82, 2.24) is 5.48 Å². The average Bonchev–Trinajstić information content (AvgIpc) is 2.04. The highest BCUT2D eigenvalue weighted by atomic mass is 16.5. The number of hydroxylamine groups is 1. The monoisotopic (exact) mass is 172 g/mol. The zero-order valence-electron chi connectivity index (χ0n) is 8.01. The van der Waals surface area contributed by atoms with Crippen molar-refractivity contribution in [3.63, 3.8) is 0 Å². The quantitative estimate of drug-likeness (QED) is 0.550. The molecule has 0 saturated heterocycles. The maximum absolute atomic E-state index is 9.12. The van der Waals surface area contributed by atoms with E-state index in [4.69, 9.17) is 10.9 Å². The van der Waals surface area contributed by atoms with Crippen LogP contribution in [0.25, 0.3) is 0 Å². The van der Waals surface area contributed by atoms with E-state index in [1.165, 1.54) is 0 Å². The Labute approximate surface area is 74.3 Å². The third-order valence-corrected chi connectivity index (χ3v) is 3.15. The van der Waals surface area contributed by atoms with Gasteiger partial charge in [0.05, 0.1) is 0 Å². The molecule has 12 heavy (non-hydrogen) atoms. The van der Waals surface area contributed by atoms with Crippen LogP contribution >= 0.6 is 0 Å². The van der Waals surface area contributed by atoms with E-state index in [9.17, 15) is 0 Å². The first-order valence-corrected chi connectivity index (χ1v) is 4.77. The molecule has 0 aromatic carbocycles. The third-order valence-electron chi connectivity index (χ3n) is 3.15. The van der Waals surface area contributed by atoms with Crippen LogP contribution in [0.4, 0.5) is 0 Å². The second-order valence-electron chi connectivity index (χ2n) is 4.28. The van der Waals surface area contributed by atoms with Gasteiger partial charge in [0.2, 0.25) is 0 Å². The zero-order valence-corrected chi connectivity index (χ0v) is 8.01. The van der Waals surface area contributed by atoms with Crippen molar-refractivity contribution in [2.24, 2.45) is 11.7 Å². The first-order valence-electron chi connectivity index (χ1n) is 4.77. The van der Waals surface area contributed by atoms with E-state index in [1.807, 2.05) is 0 Å². The fraction of sp³-hybridized carbons (Fsp3) is 1.00. The zero-order chi connectivity index (χ0) is 9.19. The van der Waals surface area contributed by atoms with Crippen LogP contribution < -0.4 is 11.2 Å². The number of nitrogens with two attached hydrogens (primary N) is 1. The van der Waals surface area contributed by atoms with E-state index in [0.29, 0.717) is 5.92 Å². The van der Waals surface area contributed by atoms with Gasteiger partial charge >= 0.3 is 0 Å². The van der Waals surface area contributed by atoms with Crippen LogP contribution in [0.3, 0.4) is 0 Å². The Morgan fingerprint density at radius 3 is 2.58 bits per heavy atom.